The van der Waals surface area contributed by atoms with E-state index in [1.165, 1.54) is 30.3 Å². The third-order valence-corrected chi connectivity index (χ3v) is 3.01. The zero-order chi connectivity index (χ0) is 15.6. The molecule has 0 aromatic heterocycles. The van der Waals surface area contributed by atoms with Crippen molar-refractivity contribution in [2.24, 2.45) is 5.73 Å². The number of hydrogen-bond acceptors (Lipinski definition) is 2. The summed E-state index contributed by atoms with van der Waals surface area (Å²) in [6.45, 7) is 1.62. The zero-order valence-electron chi connectivity index (χ0n) is 11.1. The molecular weight excluding hydrogens is 286 g/mol. The second-order valence-electron chi connectivity index (χ2n) is 4.60. The van der Waals surface area contributed by atoms with E-state index < -0.39 is 12.4 Å². The summed E-state index contributed by atoms with van der Waals surface area (Å²) < 4.78 is 53.2. The van der Waals surface area contributed by atoms with E-state index in [4.69, 9.17) is 5.73 Å². The van der Waals surface area contributed by atoms with E-state index in [9.17, 15) is 17.6 Å². The van der Waals surface area contributed by atoms with E-state index in [1.54, 1.807) is 19.1 Å². The van der Waals surface area contributed by atoms with Crippen LogP contribution < -0.4 is 10.5 Å². The largest absolute Gasteiger partial charge is 0.573 e. The minimum Gasteiger partial charge on any atom is -0.406 e. The topological polar surface area (TPSA) is 35.2 Å². The molecule has 0 heterocycles. The van der Waals surface area contributed by atoms with E-state index >= 15 is 0 Å². The first-order valence-electron chi connectivity index (χ1n) is 6.13. The van der Waals surface area contributed by atoms with E-state index in [0.29, 0.717) is 16.7 Å². The predicted octanol–water partition coefficient (Wildman–Crippen LogP) is 4.08. The molecule has 2 N–H and O–H groups in total. The molecule has 0 radical (unpaired) electrons. The minimum absolute atomic E-state index is 0.311. The van der Waals surface area contributed by atoms with Crippen LogP contribution in [-0.4, -0.2) is 6.36 Å². The molecule has 6 heteroatoms. The lowest BCUT2D eigenvalue weighted by atomic mass is 9.98. The van der Waals surface area contributed by atoms with Crippen molar-refractivity contribution in [1.82, 2.24) is 0 Å². The average Bonchev–Trinajstić information content (AvgIpc) is 2.40. The monoisotopic (exact) mass is 299 g/mol. The number of rotatable bonds is 3. The Kier molecular flexibility index (Phi) is 4.18. The first kappa shape index (κ1) is 15.3. The average molecular weight is 299 g/mol. The van der Waals surface area contributed by atoms with Gasteiger partial charge in [-0.3, -0.25) is 0 Å². The molecule has 0 unspecified atom stereocenters. The number of aryl methyl sites for hydroxylation is 1. The van der Waals surface area contributed by atoms with Crippen LogP contribution in [0.4, 0.5) is 17.6 Å². The smallest absolute Gasteiger partial charge is 0.406 e. The molecule has 0 aliphatic carbocycles. The molecule has 2 aromatic carbocycles. The molecule has 0 amide bonds. The first-order chi connectivity index (χ1) is 9.76. The van der Waals surface area contributed by atoms with Gasteiger partial charge in [0.1, 0.15) is 11.6 Å². The molecule has 2 aromatic rings. The van der Waals surface area contributed by atoms with Crippen LogP contribution in [0.5, 0.6) is 5.75 Å². The normalized spacial score (nSPS) is 13.0. The fourth-order valence-corrected chi connectivity index (χ4v) is 1.93. The van der Waals surface area contributed by atoms with Gasteiger partial charge in [-0.1, -0.05) is 24.3 Å². The molecule has 1 atom stereocenters. The van der Waals surface area contributed by atoms with Gasteiger partial charge in [0, 0.05) is 0 Å². The summed E-state index contributed by atoms with van der Waals surface area (Å²) in [5, 5.41) is 0. The molecule has 21 heavy (non-hydrogen) atoms. The molecule has 2 rings (SSSR count). The van der Waals surface area contributed by atoms with Gasteiger partial charge in [0.15, 0.2) is 0 Å². The van der Waals surface area contributed by atoms with Gasteiger partial charge in [0.05, 0.1) is 6.04 Å². The Morgan fingerprint density at radius 2 is 1.57 bits per heavy atom. The van der Waals surface area contributed by atoms with Crippen molar-refractivity contribution in [3.05, 3.63) is 65.0 Å². The Labute approximate surface area is 119 Å². The Balaban J connectivity index is 2.19. The number of alkyl halides is 3. The maximum atomic E-state index is 13.2. The molecular formula is C15H13F4NO. The molecule has 0 aliphatic rings. The highest BCUT2D eigenvalue weighted by Crippen LogP contribution is 2.26. The van der Waals surface area contributed by atoms with Crippen molar-refractivity contribution < 1.29 is 22.3 Å². The summed E-state index contributed by atoms with van der Waals surface area (Å²) in [5.41, 5.74) is 7.77. The molecule has 0 bridgehead atoms. The standard InChI is InChI=1S/C15H13F4NO/c1-9-8-11(4-7-13(9)16)14(20)10-2-5-12(6-3-10)21-15(17,18)19/h2-8,14H,20H2,1H3/t14-/m1/s1. The lowest BCUT2D eigenvalue weighted by molar-refractivity contribution is -0.274. The quantitative estimate of drug-likeness (QED) is 0.867. The maximum absolute atomic E-state index is 13.2. The van der Waals surface area contributed by atoms with Crippen LogP contribution in [0.3, 0.4) is 0 Å². The van der Waals surface area contributed by atoms with Crippen molar-refractivity contribution in [3.63, 3.8) is 0 Å². The number of ether oxygens (including phenoxy) is 1. The van der Waals surface area contributed by atoms with Crippen molar-refractivity contribution in [3.8, 4) is 5.75 Å². The van der Waals surface area contributed by atoms with Gasteiger partial charge in [-0.15, -0.1) is 13.2 Å². The fourth-order valence-electron chi connectivity index (χ4n) is 1.93. The second-order valence-corrected chi connectivity index (χ2v) is 4.60. The SMILES string of the molecule is Cc1cc([C@H](N)c2ccc(OC(F)(F)F)cc2)ccc1F. The van der Waals surface area contributed by atoms with Gasteiger partial charge >= 0.3 is 6.36 Å². The summed E-state index contributed by atoms with van der Waals surface area (Å²) in [6.07, 6.45) is -4.72. The first-order valence-corrected chi connectivity index (χ1v) is 6.13. The van der Waals surface area contributed by atoms with Crippen molar-refractivity contribution in [2.75, 3.05) is 0 Å². The van der Waals surface area contributed by atoms with Gasteiger partial charge in [0.2, 0.25) is 0 Å². The maximum Gasteiger partial charge on any atom is 0.573 e. The number of nitrogens with two attached hydrogens (primary N) is 1. The number of halogens is 4. The van der Waals surface area contributed by atoms with E-state index in [1.807, 2.05) is 0 Å². The van der Waals surface area contributed by atoms with Gasteiger partial charge in [-0.05, 0) is 41.8 Å². The summed E-state index contributed by atoms with van der Waals surface area (Å²) in [4.78, 5) is 0. The molecule has 0 spiro atoms. The molecule has 0 saturated carbocycles. The van der Waals surface area contributed by atoms with Gasteiger partial charge in [0.25, 0.3) is 0 Å². The lowest BCUT2D eigenvalue weighted by Crippen LogP contribution is -2.17. The minimum atomic E-state index is -4.72. The Hall–Kier alpha value is -2.08. The fraction of sp³-hybridized carbons (Fsp3) is 0.200. The van der Waals surface area contributed by atoms with Gasteiger partial charge < -0.3 is 10.5 Å². The van der Waals surface area contributed by atoms with Crippen molar-refractivity contribution in [1.29, 1.82) is 0 Å². The highest BCUT2D eigenvalue weighted by Gasteiger charge is 2.31. The highest BCUT2D eigenvalue weighted by atomic mass is 19.4. The number of benzene rings is 2. The van der Waals surface area contributed by atoms with Crippen LogP contribution in [-0.2, 0) is 0 Å². The Morgan fingerprint density at radius 1 is 1.00 bits per heavy atom. The van der Waals surface area contributed by atoms with E-state index in [-0.39, 0.29) is 11.6 Å². The van der Waals surface area contributed by atoms with Crippen LogP contribution >= 0.6 is 0 Å². The second kappa shape index (κ2) is 5.73. The summed E-state index contributed by atoms with van der Waals surface area (Å²) in [5.74, 6) is -0.645. The predicted molar refractivity (Wildman–Crippen MR) is 70.3 cm³/mol. The van der Waals surface area contributed by atoms with Crippen LogP contribution in [0.1, 0.15) is 22.7 Å². The van der Waals surface area contributed by atoms with Crippen LogP contribution in [0.15, 0.2) is 42.5 Å². The van der Waals surface area contributed by atoms with Crippen LogP contribution in [0.2, 0.25) is 0 Å². The Bertz CT molecular complexity index is 623. The molecule has 2 nitrogen and oxygen atoms in total. The van der Waals surface area contributed by atoms with Crippen molar-refractivity contribution >= 4 is 0 Å². The highest BCUT2D eigenvalue weighted by molar-refractivity contribution is 5.36. The van der Waals surface area contributed by atoms with Crippen molar-refractivity contribution in [2.45, 2.75) is 19.3 Å². The third kappa shape index (κ3) is 3.95. The molecule has 0 fully saturated rings. The summed E-state index contributed by atoms with van der Waals surface area (Å²) in [7, 11) is 0. The van der Waals surface area contributed by atoms with Crippen LogP contribution in [0, 0.1) is 12.7 Å². The summed E-state index contributed by atoms with van der Waals surface area (Å²) in [6, 6.07) is 9.20. The summed E-state index contributed by atoms with van der Waals surface area (Å²) >= 11 is 0. The molecule has 0 saturated heterocycles. The lowest BCUT2D eigenvalue weighted by Gasteiger charge is -2.15. The Morgan fingerprint density at radius 3 is 2.10 bits per heavy atom. The van der Waals surface area contributed by atoms with Gasteiger partial charge in [-0.2, -0.15) is 0 Å². The van der Waals surface area contributed by atoms with E-state index in [2.05, 4.69) is 4.74 Å². The van der Waals surface area contributed by atoms with E-state index in [0.717, 1.165) is 0 Å². The zero-order valence-corrected chi connectivity index (χ0v) is 11.1. The molecule has 112 valence electrons. The van der Waals surface area contributed by atoms with Crippen LogP contribution in [0.25, 0.3) is 0 Å². The number of hydrogen-bond donors (Lipinski definition) is 1. The third-order valence-electron chi connectivity index (χ3n) is 3.01. The molecule has 0 aliphatic heterocycles. The van der Waals surface area contributed by atoms with Gasteiger partial charge in [-0.25, -0.2) is 4.39 Å².